The van der Waals surface area contributed by atoms with Crippen molar-refractivity contribution in [2.24, 2.45) is 5.10 Å². The van der Waals surface area contributed by atoms with Crippen LogP contribution in [0.25, 0.3) is 0 Å². The summed E-state index contributed by atoms with van der Waals surface area (Å²) in [7, 11) is 0.960. The standard InChI is InChI=1S/C13H10F6N4OS/c1-24-9-3-6(12(14,15)16)2-8(13(17,18)19)7(9)4-21-23-11-22-10(20)5-25-11/h2-5H,20H2,1H3,(H,22,23). The van der Waals surface area contributed by atoms with Gasteiger partial charge in [0, 0.05) is 10.9 Å². The molecular formula is C13H10F6N4OS. The lowest BCUT2D eigenvalue weighted by atomic mass is 10.0. The van der Waals surface area contributed by atoms with Gasteiger partial charge in [-0.15, -0.1) is 11.3 Å². The number of thiazole rings is 1. The minimum Gasteiger partial charge on any atom is -0.496 e. The predicted molar refractivity (Wildman–Crippen MR) is 80.7 cm³/mol. The number of benzene rings is 1. The van der Waals surface area contributed by atoms with Gasteiger partial charge in [0.2, 0.25) is 5.13 Å². The van der Waals surface area contributed by atoms with Crippen molar-refractivity contribution in [1.29, 1.82) is 0 Å². The summed E-state index contributed by atoms with van der Waals surface area (Å²) in [6, 6.07) is 0.475. The molecule has 5 nitrogen and oxygen atoms in total. The molecule has 1 aromatic carbocycles. The fourth-order valence-corrected chi connectivity index (χ4v) is 2.37. The van der Waals surface area contributed by atoms with E-state index in [9.17, 15) is 26.3 Å². The van der Waals surface area contributed by atoms with Crippen LogP contribution in [0, 0.1) is 0 Å². The number of ether oxygens (including phenoxy) is 1. The highest BCUT2D eigenvalue weighted by Crippen LogP contribution is 2.40. The Balaban J connectivity index is 2.47. The van der Waals surface area contributed by atoms with Crippen LogP contribution in [-0.2, 0) is 12.4 Å². The van der Waals surface area contributed by atoms with Crippen LogP contribution in [0.1, 0.15) is 16.7 Å². The zero-order valence-electron chi connectivity index (χ0n) is 12.4. The number of nitrogen functional groups attached to an aromatic ring is 1. The van der Waals surface area contributed by atoms with Crippen LogP contribution >= 0.6 is 11.3 Å². The van der Waals surface area contributed by atoms with Crippen molar-refractivity contribution in [3.05, 3.63) is 34.2 Å². The SMILES string of the molecule is COc1cc(C(F)(F)F)cc(C(F)(F)F)c1C=NNc1nc(N)cs1. The number of rotatable bonds is 4. The lowest BCUT2D eigenvalue weighted by Gasteiger charge is -2.17. The number of anilines is 2. The molecule has 0 atom stereocenters. The molecule has 1 aromatic heterocycles. The number of hydrogen-bond acceptors (Lipinski definition) is 6. The van der Waals surface area contributed by atoms with Crippen molar-refractivity contribution in [2.75, 3.05) is 18.3 Å². The number of aromatic nitrogens is 1. The molecule has 0 radical (unpaired) electrons. The van der Waals surface area contributed by atoms with Gasteiger partial charge in [-0.25, -0.2) is 4.98 Å². The van der Waals surface area contributed by atoms with Crippen molar-refractivity contribution in [3.63, 3.8) is 0 Å². The van der Waals surface area contributed by atoms with E-state index in [4.69, 9.17) is 5.73 Å². The molecule has 0 aliphatic heterocycles. The third kappa shape index (κ3) is 4.53. The molecule has 0 fully saturated rings. The average molecular weight is 384 g/mol. The summed E-state index contributed by atoms with van der Waals surface area (Å²) in [6.45, 7) is 0. The minimum atomic E-state index is -5.04. The van der Waals surface area contributed by atoms with Crippen LogP contribution in [0.2, 0.25) is 0 Å². The topological polar surface area (TPSA) is 72.5 Å². The fourth-order valence-electron chi connectivity index (χ4n) is 1.82. The van der Waals surface area contributed by atoms with Gasteiger partial charge in [0.25, 0.3) is 0 Å². The summed E-state index contributed by atoms with van der Waals surface area (Å²) in [5.74, 6) is -0.433. The molecule has 0 aliphatic carbocycles. The minimum absolute atomic E-state index is 0.00521. The second-order valence-corrected chi connectivity index (χ2v) is 5.44. The van der Waals surface area contributed by atoms with Gasteiger partial charge in [-0.05, 0) is 12.1 Å². The van der Waals surface area contributed by atoms with Crippen molar-refractivity contribution < 1.29 is 31.1 Å². The molecule has 12 heteroatoms. The zero-order chi connectivity index (χ0) is 18.8. The van der Waals surface area contributed by atoms with Crippen molar-refractivity contribution in [2.45, 2.75) is 12.4 Å². The molecule has 1 heterocycles. The predicted octanol–water partition coefficient (Wildman–Crippen LogP) is 4.22. The number of hydrazone groups is 1. The largest absolute Gasteiger partial charge is 0.496 e. The first kappa shape index (κ1) is 18.8. The van der Waals surface area contributed by atoms with Crippen LogP contribution < -0.4 is 15.9 Å². The van der Waals surface area contributed by atoms with Gasteiger partial charge in [0.15, 0.2) is 0 Å². The Morgan fingerprint density at radius 3 is 2.36 bits per heavy atom. The van der Waals surface area contributed by atoms with Gasteiger partial charge < -0.3 is 10.5 Å². The number of hydrogen-bond donors (Lipinski definition) is 2. The number of nitrogens with two attached hydrogens (primary N) is 1. The van der Waals surface area contributed by atoms with Crippen LogP contribution in [0.3, 0.4) is 0 Å². The highest BCUT2D eigenvalue weighted by atomic mass is 32.1. The maximum Gasteiger partial charge on any atom is 0.417 e. The van der Waals surface area contributed by atoms with E-state index in [2.05, 4.69) is 20.2 Å². The number of alkyl halides is 6. The molecule has 0 saturated heterocycles. The molecule has 0 bridgehead atoms. The summed E-state index contributed by atoms with van der Waals surface area (Å²) in [5, 5.41) is 5.23. The van der Waals surface area contributed by atoms with Gasteiger partial charge in [-0.2, -0.15) is 31.4 Å². The first-order valence-corrected chi connectivity index (χ1v) is 7.27. The molecule has 2 rings (SSSR count). The first-order valence-electron chi connectivity index (χ1n) is 6.39. The lowest BCUT2D eigenvalue weighted by molar-refractivity contribution is -0.143. The van der Waals surface area contributed by atoms with Crippen molar-refractivity contribution in [1.82, 2.24) is 4.98 Å². The van der Waals surface area contributed by atoms with E-state index in [1.807, 2.05) is 0 Å². The molecule has 0 aliphatic rings. The van der Waals surface area contributed by atoms with Crippen LogP contribution in [0.5, 0.6) is 5.75 Å². The quantitative estimate of drug-likeness (QED) is 0.470. The number of halogens is 6. The monoisotopic (exact) mass is 384 g/mol. The smallest absolute Gasteiger partial charge is 0.417 e. The van der Waals surface area contributed by atoms with E-state index in [0.717, 1.165) is 18.4 Å². The maximum atomic E-state index is 13.2. The normalized spacial score (nSPS) is 12.6. The molecule has 0 spiro atoms. The second-order valence-electron chi connectivity index (χ2n) is 4.58. The van der Waals surface area contributed by atoms with Gasteiger partial charge >= 0.3 is 12.4 Å². The number of methoxy groups -OCH3 is 1. The van der Waals surface area contributed by atoms with Crippen molar-refractivity contribution in [3.8, 4) is 5.75 Å². The molecule has 0 unspecified atom stereocenters. The Morgan fingerprint density at radius 1 is 1.20 bits per heavy atom. The number of nitrogens with one attached hydrogen (secondary N) is 1. The summed E-state index contributed by atoms with van der Waals surface area (Å²) in [5.41, 5.74) is 4.06. The van der Waals surface area contributed by atoms with E-state index in [0.29, 0.717) is 12.3 Å². The van der Waals surface area contributed by atoms with E-state index in [1.165, 1.54) is 5.38 Å². The summed E-state index contributed by atoms with van der Waals surface area (Å²) in [6.07, 6.45) is -9.29. The van der Waals surface area contributed by atoms with E-state index >= 15 is 0 Å². The third-order valence-electron chi connectivity index (χ3n) is 2.87. The molecule has 136 valence electrons. The summed E-state index contributed by atoms with van der Waals surface area (Å²) in [4.78, 5) is 3.77. The highest BCUT2D eigenvalue weighted by molar-refractivity contribution is 7.14. The van der Waals surface area contributed by atoms with Crippen molar-refractivity contribution >= 4 is 28.5 Å². The lowest BCUT2D eigenvalue weighted by Crippen LogP contribution is -2.15. The van der Waals surface area contributed by atoms with E-state index < -0.39 is 34.8 Å². The van der Waals surface area contributed by atoms with Gasteiger partial charge in [0.1, 0.15) is 11.6 Å². The maximum absolute atomic E-state index is 13.2. The Morgan fingerprint density at radius 2 is 1.88 bits per heavy atom. The molecule has 2 aromatic rings. The first-order chi connectivity index (χ1) is 11.5. The molecule has 25 heavy (non-hydrogen) atoms. The Hall–Kier alpha value is -2.50. The average Bonchev–Trinajstić information content (AvgIpc) is 2.90. The molecule has 0 saturated carbocycles. The Kier molecular flexibility index (Phi) is 5.11. The van der Waals surface area contributed by atoms with Crippen LogP contribution in [0.15, 0.2) is 22.6 Å². The molecular weight excluding hydrogens is 374 g/mol. The van der Waals surface area contributed by atoms with Gasteiger partial charge in [-0.3, -0.25) is 5.43 Å². The number of nitrogens with zero attached hydrogens (tertiary/aromatic N) is 2. The summed E-state index contributed by atoms with van der Waals surface area (Å²) < 4.78 is 82.5. The Labute approximate surface area is 141 Å². The van der Waals surface area contributed by atoms with Gasteiger partial charge in [0.05, 0.1) is 24.5 Å². The van der Waals surface area contributed by atoms with Crippen LogP contribution in [0.4, 0.5) is 37.3 Å². The fraction of sp³-hybridized carbons (Fsp3) is 0.231. The summed E-state index contributed by atoms with van der Waals surface area (Å²) >= 11 is 1.05. The second kappa shape index (κ2) is 6.78. The van der Waals surface area contributed by atoms with Gasteiger partial charge in [-0.1, -0.05) is 0 Å². The Bertz CT molecular complexity index is 784. The van der Waals surface area contributed by atoms with Crippen LogP contribution in [-0.4, -0.2) is 18.3 Å². The van der Waals surface area contributed by atoms with E-state index in [-0.39, 0.29) is 17.0 Å². The molecule has 3 N–H and O–H groups in total. The highest BCUT2D eigenvalue weighted by Gasteiger charge is 2.39. The molecule has 0 amide bonds. The zero-order valence-corrected chi connectivity index (χ0v) is 13.2. The third-order valence-corrected chi connectivity index (χ3v) is 3.64. The van der Waals surface area contributed by atoms with E-state index in [1.54, 1.807) is 0 Å².